The smallest absolute Gasteiger partial charge is 0.384 e. The van der Waals surface area contributed by atoms with E-state index in [1.54, 1.807) is 0 Å². The maximum atomic E-state index is 13.7. The molecule has 2 aromatic heterocycles. The number of morpholine rings is 2. The van der Waals surface area contributed by atoms with Gasteiger partial charge in [0.2, 0.25) is 11.9 Å². The third-order valence-electron chi connectivity index (χ3n) is 5.24. The molecule has 0 radical (unpaired) electrons. The molecule has 4 rings (SSSR count). The highest BCUT2D eigenvalue weighted by Gasteiger charge is 2.36. The van der Waals surface area contributed by atoms with Crippen LogP contribution >= 0.6 is 0 Å². The van der Waals surface area contributed by atoms with Gasteiger partial charge in [-0.2, -0.15) is 28.1 Å². The SMILES string of the molecule is C[C@H]1CN(c2nc(-c3cnc(N)cc3C(F)(F)F)nc(N3CCOCC3)n2)[C@@H](C)CO1. The number of nitrogens with two attached hydrogens (primary N) is 1. The van der Waals surface area contributed by atoms with Crippen LogP contribution in [0.3, 0.4) is 0 Å². The molecule has 2 saturated heterocycles. The Balaban J connectivity index is 1.84. The lowest BCUT2D eigenvalue weighted by molar-refractivity contribution is -0.137. The summed E-state index contributed by atoms with van der Waals surface area (Å²) in [5, 5.41) is 0. The Bertz CT molecular complexity index is 937. The largest absolute Gasteiger partial charge is 0.417 e. The third-order valence-corrected chi connectivity index (χ3v) is 5.24. The molecule has 0 unspecified atom stereocenters. The van der Waals surface area contributed by atoms with Gasteiger partial charge in [0.15, 0.2) is 5.82 Å². The molecule has 2 aliphatic heterocycles. The number of rotatable bonds is 3. The lowest BCUT2D eigenvalue weighted by atomic mass is 10.1. The molecule has 0 aromatic carbocycles. The standard InChI is InChI=1S/C19H24F3N7O2/c1-11-10-31-12(2)9-29(11)18-26-16(25-17(27-18)28-3-5-30-6-4-28)13-8-24-15(23)7-14(13)19(20,21)22/h7-8,11-12H,3-6,9-10H2,1-2H3,(H2,23,24)/t11-,12-/m0/s1. The fourth-order valence-corrected chi connectivity index (χ4v) is 3.57. The zero-order chi connectivity index (χ0) is 22.2. The van der Waals surface area contributed by atoms with Crippen molar-refractivity contribution < 1.29 is 22.6 Å². The summed E-state index contributed by atoms with van der Waals surface area (Å²) in [6.45, 7) is 6.89. The number of nitrogen functional groups attached to an aromatic ring is 1. The summed E-state index contributed by atoms with van der Waals surface area (Å²) in [5.41, 5.74) is 4.34. The number of halogens is 3. The van der Waals surface area contributed by atoms with Crippen molar-refractivity contribution in [2.24, 2.45) is 0 Å². The van der Waals surface area contributed by atoms with Gasteiger partial charge in [0.05, 0.1) is 43.1 Å². The van der Waals surface area contributed by atoms with Crippen molar-refractivity contribution in [3.63, 3.8) is 0 Å². The molecule has 12 heteroatoms. The minimum atomic E-state index is -4.64. The van der Waals surface area contributed by atoms with Crippen LogP contribution in [0.2, 0.25) is 0 Å². The zero-order valence-corrected chi connectivity index (χ0v) is 17.3. The molecule has 0 aliphatic carbocycles. The summed E-state index contributed by atoms with van der Waals surface area (Å²) in [5.74, 6) is 0.283. The van der Waals surface area contributed by atoms with E-state index >= 15 is 0 Å². The van der Waals surface area contributed by atoms with Gasteiger partial charge in [-0.25, -0.2) is 4.98 Å². The predicted octanol–water partition coefficient (Wildman–Crippen LogP) is 1.98. The lowest BCUT2D eigenvalue weighted by Crippen LogP contribution is -2.48. The Morgan fingerprint density at radius 2 is 1.81 bits per heavy atom. The molecule has 2 fully saturated rings. The van der Waals surface area contributed by atoms with Gasteiger partial charge < -0.3 is 25.0 Å². The van der Waals surface area contributed by atoms with Crippen LogP contribution in [0.1, 0.15) is 19.4 Å². The Morgan fingerprint density at radius 1 is 1.10 bits per heavy atom. The number of nitrogens with zero attached hydrogens (tertiary/aromatic N) is 6. The summed E-state index contributed by atoms with van der Waals surface area (Å²) in [4.78, 5) is 21.1. The topological polar surface area (TPSA) is 103 Å². The third kappa shape index (κ3) is 4.64. The van der Waals surface area contributed by atoms with Crippen LogP contribution in [0.5, 0.6) is 0 Å². The van der Waals surface area contributed by atoms with Crippen LogP contribution in [-0.2, 0) is 15.7 Å². The highest BCUT2D eigenvalue weighted by atomic mass is 19.4. The predicted molar refractivity (Wildman–Crippen MR) is 108 cm³/mol. The first-order valence-electron chi connectivity index (χ1n) is 10.0. The molecule has 0 bridgehead atoms. The van der Waals surface area contributed by atoms with Crippen LogP contribution in [0.4, 0.5) is 30.9 Å². The van der Waals surface area contributed by atoms with Gasteiger partial charge in [0.25, 0.3) is 0 Å². The minimum absolute atomic E-state index is 0.0457. The molecule has 168 valence electrons. The van der Waals surface area contributed by atoms with E-state index in [-0.39, 0.29) is 29.4 Å². The number of pyridine rings is 1. The molecule has 31 heavy (non-hydrogen) atoms. The second-order valence-electron chi connectivity index (χ2n) is 7.66. The van der Waals surface area contributed by atoms with Crippen molar-refractivity contribution in [1.82, 2.24) is 19.9 Å². The van der Waals surface area contributed by atoms with E-state index in [2.05, 4.69) is 19.9 Å². The van der Waals surface area contributed by atoms with E-state index in [0.29, 0.717) is 51.4 Å². The summed E-state index contributed by atoms with van der Waals surface area (Å²) in [6.07, 6.45) is -3.64. The quantitative estimate of drug-likeness (QED) is 0.769. The van der Waals surface area contributed by atoms with E-state index in [1.165, 1.54) is 0 Å². The first-order valence-corrected chi connectivity index (χ1v) is 10.0. The highest BCUT2D eigenvalue weighted by molar-refractivity contribution is 5.64. The Labute approximate surface area is 177 Å². The molecule has 2 aliphatic rings. The Hall–Kier alpha value is -2.73. The molecule has 2 aromatic rings. The summed E-state index contributed by atoms with van der Waals surface area (Å²) in [6, 6.07) is 0.753. The summed E-state index contributed by atoms with van der Waals surface area (Å²) < 4.78 is 52.2. The van der Waals surface area contributed by atoms with Gasteiger partial charge >= 0.3 is 6.18 Å². The second kappa shape index (κ2) is 8.42. The molecule has 0 spiro atoms. The van der Waals surface area contributed by atoms with E-state index in [4.69, 9.17) is 15.2 Å². The van der Waals surface area contributed by atoms with E-state index in [9.17, 15) is 13.2 Å². The Kier molecular flexibility index (Phi) is 5.84. The van der Waals surface area contributed by atoms with Crippen molar-refractivity contribution in [3.05, 3.63) is 17.8 Å². The summed E-state index contributed by atoms with van der Waals surface area (Å²) in [7, 11) is 0. The van der Waals surface area contributed by atoms with Crippen molar-refractivity contribution >= 4 is 17.7 Å². The van der Waals surface area contributed by atoms with Crippen LogP contribution in [-0.4, -0.2) is 71.5 Å². The molecular weight excluding hydrogens is 415 g/mol. The average Bonchev–Trinajstić information content (AvgIpc) is 2.75. The first-order chi connectivity index (χ1) is 14.7. The molecule has 4 heterocycles. The van der Waals surface area contributed by atoms with E-state index < -0.39 is 11.7 Å². The highest BCUT2D eigenvalue weighted by Crippen LogP contribution is 2.37. The van der Waals surface area contributed by atoms with Gasteiger partial charge in [-0.15, -0.1) is 0 Å². The fourth-order valence-electron chi connectivity index (χ4n) is 3.57. The normalized spacial score (nSPS) is 22.6. The van der Waals surface area contributed by atoms with Crippen molar-refractivity contribution in [1.29, 1.82) is 0 Å². The summed E-state index contributed by atoms with van der Waals surface area (Å²) >= 11 is 0. The van der Waals surface area contributed by atoms with Crippen molar-refractivity contribution in [2.75, 3.05) is 55.0 Å². The minimum Gasteiger partial charge on any atom is -0.384 e. The molecule has 0 amide bonds. The second-order valence-corrected chi connectivity index (χ2v) is 7.66. The van der Waals surface area contributed by atoms with E-state index in [0.717, 1.165) is 12.3 Å². The van der Waals surface area contributed by atoms with Gasteiger partial charge in [0.1, 0.15) is 5.82 Å². The van der Waals surface area contributed by atoms with E-state index in [1.807, 2.05) is 23.6 Å². The maximum absolute atomic E-state index is 13.7. The Morgan fingerprint density at radius 3 is 2.52 bits per heavy atom. The average molecular weight is 439 g/mol. The number of hydrogen-bond donors (Lipinski definition) is 1. The first kappa shape index (κ1) is 21.5. The lowest BCUT2D eigenvalue weighted by Gasteiger charge is -2.37. The van der Waals surface area contributed by atoms with Crippen LogP contribution < -0.4 is 15.5 Å². The van der Waals surface area contributed by atoms with Gasteiger partial charge in [0, 0.05) is 25.8 Å². The maximum Gasteiger partial charge on any atom is 0.417 e. The molecular formula is C19H24F3N7O2. The monoisotopic (exact) mass is 439 g/mol. The van der Waals surface area contributed by atoms with Gasteiger partial charge in [-0.05, 0) is 19.9 Å². The van der Waals surface area contributed by atoms with Crippen LogP contribution in [0.15, 0.2) is 12.3 Å². The number of hydrogen-bond acceptors (Lipinski definition) is 9. The zero-order valence-electron chi connectivity index (χ0n) is 17.3. The fraction of sp³-hybridized carbons (Fsp3) is 0.579. The molecule has 2 N–H and O–H groups in total. The number of ether oxygens (including phenoxy) is 2. The molecule has 2 atom stereocenters. The molecule has 9 nitrogen and oxygen atoms in total. The number of aromatic nitrogens is 4. The van der Waals surface area contributed by atoms with Gasteiger partial charge in [-0.3, -0.25) is 0 Å². The van der Waals surface area contributed by atoms with Crippen molar-refractivity contribution in [2.45, 2.75) is 32.2 Å². The number of anilines is 3. The van der Waals surface area contributed by atoms with Crippen molar-refractivity contribution in [3.8, 4) is 11.4 Å². The van der Waals surface area contributed by atoms with Crippen LogP contribution in [0.25, 0.3) is 11.4 Å². The van der Waals surface area contributed by atoms with Gasteiger partial charge in [-0.1, -0.05) is 0 Å². The number of alkyl halides is 3. The van der Waals surface area contributed by atoms with Crippen LogP contribution in [0, 0.1) is 0 Å². The molecule has 0 saturated carbocycles.